The van der Waals surface area contributed by atoms with Crippen molar-refractivity contribution in [3.05, 3.63) is 83.9 Å². The van der Waals surface area contributed by atoms with E-state index in [1.54, 1.807) is 19.1 Å². The van der Waals surface area contributed by atoms with Crippen LogP contribution in [0.25, 0.3) is 11.1 Å². The van der Waals surface area contributed by atoms with Crippen LogP contribution in [0.3, 0.4) is 0 Å². The minimum atomic E-state index is -3.70. The molecule has 0 spiro atoms. The summed E-state index contributed by atoms with van der Waals surface area (Å²) in [6.45, 7) is 1.75. The molecular formula is C26H28N2O3S. The topological polar surface area (TPSA) is 75.3 Å². The molecule has 1 amide bonds. The number of carbonyl (C=O) groups excluding carboxylic acids is 1. The minimum Gasteiger partial charge on any atom is -0.321 e. The number of benzene rings is 3. The van der Waals surface area contributed by atoms with Crippen molar-refractivity contribution in [2.24, 2.45) is 0 Å². The fraction of sp³-hybridized carbons (Fsp3) is 0.269. The average molecular weight is 449 g/mol. The number of hydrogen-bond acceptors (Lipinski definition) is 3. The van der Waals surface area contributed by atoms with Crippen molar-refractivity contribution in [2.45, 2.75) is 50.0 Å². The first-order valence-electron chi connectivity index (χ1n) is 11.0. The first-order chi connectivity index (χ1) is 15.4. The third-order valence-corrected chi connectivity index (χ3v) is 7.59. The number of anilines is 1. The molecule has 5 nitrogen and oxygen atoms in total. The summed E-state index contributed by atoms with van der Waals surface area (Å²) in [7, 11) is -3.70. The van der Waals surface area contributed by atoms with E-state index in [1.807, 2.05) is 54.6 Å². The lowest BCUT2D eigenvalue weighted by atomic mass is 9.96. The SMILES string of the molecule is Cc1ccc(C(=O)Nc2ccccc2-c2ccccc2)cc1S(=O)(=O)NC1CCCCC1. The van der Waals surface area contributed by atoms with Crippen molar-refractivity contribution in [2.75, 3.05) is 5.32 Å². The molecular weight excluding hydrogens is 420 g/mol. The van der Waals surface area contributed by atoms with E-state index in [4.69, 9.17) is 0 Å². The lowest BCUT2D eigenvalue weighted by Gasteiger charge is -2.23. The van der Waals surface area contributed by atoms with E-state index >= 15 is 0 Å². The summed E-state index contributed by atoms with van der Waals surface area (Å²) in [5.41, 5.74) is 3.50. The molecule has 3 aromatic carbocycles. The number of nitrogens with one attached hydrogen (secondary N) is 2. The van der Waals surface area contributed by atoms with Crippen LogP contribution in [0.15, 0.2) is 77.7 Å². The van der Waals surface area contributed by atoms with Crippen LogP contribution < -0.4 is 10.0 Å². The normalized spacial score (nSPS) is 14.8. The first kappa shape index (κ1) is 22.2. The van der Waals surface area contributed by atoms with E-state index in [-0.39, 0.29) is 16.8 Å². The van der Waals surface area contributed by atoms with Gasteiger partial charge in [0.05, 0.1) is 4.90 Å². The zero-order valence-corrected chi connectivity index (χ0v) is 19.0. The van der Waals surface area contributed by atoms with E-state index in [0.717, 1.165) is 43.2 Å². The van der Waals surface area contributed by atoms with Gasteiger partial charge in [-0.3, -0.25) is 4.79 Å². The fourth-order valence-electron chi connectivity index (χ4n) is 4.19. The van der Waals surface area contributed by atoms with E-state index in [9.17, 15) is 13.2 Å². The predicted molar refractivity (Wildman–Crippen MR) is 128 cm³/mol. The molecule has 1 aliphatic carbocycles. The molecule has 1 aliphatic rings. The van der Waals surface area contributed by atoms with Gasteiger partial charge >= 0.3 is 0 Å². The molecule has 3 aromatic rings. The molecule has 0 saturated heterocycles. The maximum atomic E-state index is 13.1. The van der Waals surface area contributed by atoms with Crippen molar-refractivity contribution in [1.29, 1.82) is 0 Å². The van der Waals surface area contributed by atoms with Crippen LogP contribution in [-0.2, 0) is 10.0 Å². The molecule has 0 aliphatic heterocycles. The third kappa shape index (κ3) is 5.09. The zero-order valence-electron chi connectivity index (χ0n) is 18.2. The maximum Gasteiger partial charge on any atom is 0.255 e. The monoisotopic (exact) mass is 448 g/mol. The van der Waals surface area contributed by atoms with Crippen molar-refractivity contribution in [3.63, 3.8) is 0 Å². The quantitative estimate of drug-likeness (QED) is 0.521. The Labute approximate surface area is 189 Å². The van der Waals surface area contributed by atoms with Crippen molar-refractivity contribution < 1.29 is 13.2 Å². The molecule has 6 heteroatoms. The molecule has 166 valence electrons. The van der Waals surface area contributed by atoms with Gasteiger partial charge in [-0.2, -0.15) is 0 Å². The van der Waals surface area contributed by atoms with Gasteiger partial charge in [0.15, 0.2) is 0 Å². The summed E-state index contributed by atoms with van der Waals surface area (Å²) in [4.78, 5) is 13.2. The lowest BCUT2D eigenvalue weighted by molar-refractivity contribution is 0.102. The van der Waals surface area contributed by atoms with Gasteiger partial charge in [-0.1, -0.05) is 73.9 Å². The smallest absolute Gasteiger partial charge is 0.255 e. The summed E-state index contributed by atoms with van der Waals surface area (Å²) in [6, 6.07) is 22.2. The van der Waals surface area contributed by atoms with Crippen molar-refractivity contribution in [1.82, 2.24) is 4.72 Å². The number of hydrogen-bond donors (Lipinski definition) is 2. The highest BCUT2D eigenvalue weighted by molar-refractivity contribution is 7.89. The summed E-state index contributed by atoms with van der Waals surface area (Å²) in [6.07, 6.45) is 4.94. The van der Waals surface area contributed by atoms with Crippen molar-refractivity contribution in [3.8, 4) is 11.1 Å². The molecule has 0 atom stereocenters. The van der Waals surface area contributed by atoms with Gasteiger partial charge in [0.2, 0.25) is 10.0 Å². The van der Waals surface area contributed by atoms with Gasteiger partial charge in [0.25, 0.3) is 5.91 Å². The number of sulfonamides is 1. The van der Waals surface area contributed by atoms with Gasteiger partial charge in [0, 0.05) is 22.9 Å². The maximum absolute atomic E-state index is 13.1. The summed E-state index contributed by atoms with van der Waals surface area (Å²) in [5.74, 6) is -0.345. The summed E-state index contributed by atoms with van der Waals surface area (Å²) >= 11 is 0. The lowest BCUT2D eigenvalue weighted by Crippen LogP contribution is -2.36. The molecule has 4 rings (SSSR count). The highest BCUT2D eigenvalue weighted by atomic mass is 32.2. The molecule has 1 saturated carbocycles. The molecule has 0 unspecified atom stereocenters. The Morgan fingerprint density at radius 2 is 1.56 bits per heavy atom. The number of amides is 1. The Balaban J connectivity index is 1.58. The van der Waals surface area contributed by atoms with Crippen LogP contribution in [0.5, 0.6) is 0 Å². The number of carbonyl (C=O) groups is 1. The van der Waals surface area contributed by atoms with Crippen LogP contribution in [0.2, 0.25) is 0 Å². The number of aryl methyl sites for hydroxylation is 1. The molecule has 0 aromatic heterocycles. The second kappa shape index (κ2) is 9.67. The van der Waals surface area contributed by atoms with E-state index < -0.39 is 10.0 Å². The Hall–Kier alpha value is -2.96. The van der Waals surface area contributed by atoms with Crippen LogP contribution in [0.4, 0.5) is 5.69 Å². The predicted octanol–water partition coefficient (Wildman–Crippen LogP) is 5.53. The average Bonchev–Trinajstić information content (AvgIpc) is 2.80. The fourth-order valence-corrected chi connectivity index (χ4v) is 5.77. The van der Waals surface area contributed by atoms with Gasteiger partial charge in [-0.05, 0) is 49.1 Å². The summed E-state index contributed by atoms with van der Waals surface area (Å²) in [5, 5.41) is 2.95. The van der Waals surface area contributed by atoms with E-state index in [0.29, 0.717) is 16.8 Å². The second-order valence-corrected chi connectivity index (χ2v) is 9.98. The largest absolute Gasteiger partial charge is 0.321 e. The highest BCUT2D eigenvalue weighted by Crippen LogP contribution is 2.28. The molecule has 32 heavy (non-hydrogen) atoms. The zero-order chi connectivity index (χ0) is 22.6. The van der Waals surface area contributed by atoms with Gasteiger partial charge in [-0.15, -0.1) is 0 Å². The van der Waals surface area contributed by atoms with Crippen LogP contribution >= 0.6 is 0 Å². The number of rotatable bonds is 6. The molecule has 0 heterocycles. The van der Waals surface area contributed by atoms with Gasteiger partial charge < -0.3 is 5.32 Å². The standard InChI is InChI=1S/C26H28N2O3S/c1-19-16-17-21(18-25(19)32(30,31)28-22-12-6-3-7-13-22)26(29)27-24-15-9-8-14-23(24)20-10-4-2-5-11-20/h2,4-5,8-11,14-18,22,28H,3,6-7,12-13H2,1H3,(H,27,29). The van der Waals surface area contributed by atoms with Crippen LogP contribution in [0, 0.1) is 6.92 Å². The Kier molecular flexibility index (Phi) is 6.72. The van der Waals surface area contributed by atoms with E-state index in [2.05, 4.69) is 10.0 Å². The highest BCUT2D eigenvalue weighted by Gasteiger charge is 2.24. The number of para-hydroxylation sites is 1. The van der Waals surface area contributed by atoms with Gasteiger partial charge in [-0.25, -0.2) is 13.1 Å². The first-order valence-corrected chi connectivity index (χ1v) is 12.5. The Morgan fingerprint density at radius 3 is 2.31 bits per heavy atom. The van der Waals surface area contributed by atoms with Crippen LogP contribution in [-0.4, -0.2) is 20.4 Å². The van der Waals surface area contributed by atoms with E-state index in [1.165, 1.54) is 6.07 Å². The van der Waals surface area contributed by atoms with Crippen molar-refractivity contribution >= 4 is 21.6 Å². The van der Waals surface area contributed by atoms with Crippen LogP contribution in [0.1, 0.15) is 48.0 Å². The Morgan fingerprint density at radius 1 is 0.875 bits per heavy atom. The molecule has 1 fully saturated rings. The summed E-state index contributed by atoms with van der Waals surface area (Å²) < 4.78 is 28.9. The second-order valence-electron chi connectivity index (χ2n) is 8.30. The Bertz CT molecular complexity index is 1200. The minimum absolute atomic E-state index is 0.0385. The van der Waals surface area contributed by atoms with Gasteiger partial charge in [0.1, 0.15) is 0 Å². The molecule has 2 N–H and O–H groups in total. The molecule has 0 bridgehead atoms. The molecule has 0 radical (unpaired) electrons. The third-order valence-electron chi connectivity index (χ3n) is 5.93.